The molecule has 4 aliphatic carbocycles. The number of piperazine rings is 2. The van der Waals surface area contributed by atoms with E-state index in [2.05, 4.69) is 118 Å². The zero-order valence-corrected chi connectivity index (χ0v) is 35.3. The molecule has 0 aromatic heterocycles. The Bertz CT molecular complexity index is 1640. The molecule has 10 rings (SSSR count). The first kappa shape index (κ1) is 39.6. The molecular weight excluding hydrogens is 726 g/mol. The predicted molar refractivity (Wildman–Crippen MR) is 227 cm³/mol. The van der Waals surface area contributed by atoms with Crippen molar-refractivity contribution in [2.45, 2.75) is 87.1 Å². The van der Waals surface area contributed by atoms with Gasteiger partial charge in [-0.1, -0.05) is 92.6 Å². The Hall–Kier alpha value is -1.64. The summed E-state index contributed by atoms with van der Waals surface area (Å²) in [5.74, 6) is 3.91. The van der Waals surface area contributed by atoms with Gasteiger partial charge in [0.05, 0.1) is 0 Å². The van der Waals surface area contributed by atoms with Gasteiger partial charge in [0.15, 0.2) is 0 Å². The van der Waals surface area contributed by atoms with Crippen molar-refractivity contribution in [2.24, 2.45) is 23.7 Å². The summed E-state index contributed by atoms with van der Waals surface area (Å²) >= 11 is 0. The van der Waals surface area contributed by atoms with E-state index in [1.807, 2.05) is 30.3 Å². The third kappa shape index (κ3) is 8.27. The van der Waals surface area contributed by atoms with Crippen LogP contribution in [0.1, 0.15) is 64.0 Å². The zero-order valence-electron chi connectivity index (χ0n) is 32.1. The first-order valence-corrected chi connectivity index (χ1v) is 22.5. The number of rotatable bonds is 8. The van der Waals surface area contributed by atoms with Crippen LogP contribution >= 0.6 is 17.2 Å². The average Bonchev–Trinajstić information content (AvgIpc) is 3.88. The normalized spacial score (nSPS) is 29.7. The van der Waals surface area contributed by atoms with Crippen molar-refractivity contribution in [3.8, 4) is 22.3 Å². The number of nitrogens with one attached hydrogen (secondary N) is 4. The molecule has 6 aliphatic rings. The van der Waals surface area contributed by atoms with E-state index in [4.69, 9.17) is 0 Å². The molecule has 4 N–H and O–H groups in total. The summed E-state index contributed by atoms with van der Waals surface area (Å²) in [4.78, 5) is 0. The van der Waals surface area contributed by atoms with E-state index in [-0.39, 0.29) is 30.1 Å². The predicted octanol–water partition coefficient (Wildman–Crippen LogP) is 8.94. The van der Waals surface area contributed by atoms with Crippen LogP contribution in [0.4, 0.5) is 0 Å². The standard InChI is InChI=1S/C41H57N4P2.C5H5.Fe/c1-40(2,3)47(39-31-19-27-18-28(21-31)22-32(39)20-27)26-34-35(41(46,36-24-42-14-16-44-36)37-25-43-15-17-45-37)23-33(29-10-6-4-7-11-29)38(34)30-12-8-5-9-13-30;1-2-4-5-3-1;/h4-13,23,27-28,31-32,36-37,39,42-45H,14-22,24-26,46H2,1-3H3;1-5H;/q-1;-5;. The minimum Gasteiger partial charge on any atom is -0.748 e. The van der Waals surface area contributed by atoms with Gasteiger partial charge in [-0.15, -0.1) is 39.4 Å². The Labute approximate surface area is 334 Å². The van der Waals surface area contributed by atoms with Crippen molar-refractivity contribution in [3.63, 3.8) is 0 Å². The van der Waals surface area contributed by atoms with Crippen molar-refractivity contribution in [2.75, 3.05) is 39.3 Å². The molecule has 53 heavy (non-hydrogen) atoms. The van der Waals surface area contributed by atoms with Crippen molar-refractivity contribution in [1.82, 2.24) is 21.3 Å². The third-order valence-corrected chi connectivity index (χ3v) is 18.4. The van der Waals surface area contributed by atoms with Gasteiger partial charge in [0, 0.05) is 73.6 Å². The minimum atomic E-state index is -0.270. The van der Waals surface area contributed by atoms with E-state index in [0.29, 0.717) is 17.2 Å². The molecule has 4 atom stereocenters. The van der Waals surface area contributed by atoms with Gasteiger partial charge in [-0.3, -0.25) is 0 Å². The Morgan fingerprint density at radius 1 is 0.698 bits per heavy atom. The maximum absolute atomic E-state index is 4.03. The van der Waals surface area contributed by atoms with Crippen molar-refractivity contribution >= 4 is 17.2 Å². The molecule has 4 saturated carbocycles. The molecule has 7 heteroatoms. The van der Waals surface area contributed by atoms with Gasteiger partial charge in [-0.05, 0) is 72.8 Å². The van der Waals surface area contributed by atoms with E-state index in [0.717, 1.165) is 68.6 Å². The molecule has 0 radical (unpaired) electrons. The Morgan fingerprint density at radius 3 is 1.64 bits per heavy atom. The number of hydrogen-bond donors (Lipinski definition) is 4. The van der Waals surface area contributed by atoms with Crippen LogP contribution < -0.4 is 21.3 Å². The number of hydrogen-bond acceptors (Lipinski definition) is 4. The summed E-state index contributed by atoms with van der Waals surface area (Å²) < 4.78 is 0. The Balaban J connectivity index is 0.000000671. The summed E-state index contributed by atoms with van der Waals surface area (Å²) in [6.45, 7) is 13.8. The molecule has 290 valence electrons. The van der Waals surface area contributed by atoms with E-state index >= 15 is 0 Å². The average molecular weight is 789 g/mol. The van der Waals surface area contributed by atoms with Crippen LogP contribution in [0.2, 0.25) is 0 Å². The van der Waals surface area contributed by atoms with Crippen LogP contribution in [0.5, 0.6) is 0 Å². The van der Waals surface area contributed by atoms with Gasteiger partial charge >= 0.3 is 0 Å². The summed E-state index contributed by atoms with van der Waals surface area (Å²) in [5.41, 5.74) is 9.71. The summed E-state index contributed by atoms with van der Waals surface area (Å²) in [6.07, 6.45) is 8.76. The SMILES string of the molecule is CC(C)(C)P(C[c-]1c(C(P)(C2CNCCN2)C2CNCCN2)cc(-c2ccccc2)c1-c1ccccc1)C1C2CC3CC(C2)CC1C3.[Fe].[cH-]1[cH-][cH-][cH-][cH-]1. The fourth-order valence-corrected chi connectivity index (χ4v) is 15.7. The molecule has 0 amide bonds. The minimum absolute atomic E-state index is 0. The fraction of sp³-hybridized carbons (Fsp3) is 0.522. The van der Waals surface area contributed by atoms with E-state index in [1.54, 1.807) is 11.1 Å². The van der Waals surface area contributed by atoms with Gasteiger partial charge in [0.1, 0.15) is 0 Å². The van der Waals surface area contributed by atoms with Crippen molar-refractivity contribution in [1.29, 1.82) is 0 Å². The maximum atomic E-state index is 4.03. The second-order valence-electron chi connectivity index (χ2n) is 17.6. The third-order valence-electron chi connectivity index (χ3n) is 13.3. The molecule has 4 bridgehead atoms. The van der Waals surface area contributed by atoms with Gasteiger partial charge in [-0.2, -0.15) is 6.07 Å². The summed E-state index contributed by atoms with van der Waals surface area (Å²) in [6, 6.07) is 36.0. The molecule has 6 fully saturated rings. The van der Waals surface area contributed by atoms with Crippen molar-refractivity contribution < 1.29 is 17.1 Å². The van der Waals surface area contributed by atoms with Crippen LogP contribution in [0.25, 0.3) is 22.3 Å². The van der Waals surface area contributed by atoms with Crippen LogP contribution in [0.15, 0.2) is 97.1 Å². The fourth-order valence-electron chi connectivity index (χ4n) is 11.2. The molecule has 2 saturated heterocycles. The largest absolute Gasteiger partial charge is 0.748 e. The van der Waals surface area contributed by atoms with Crippen LogP contribution in [-0.2, 0) is 28.4 Å². The van der Waals surface area contributed by atoms with Crippen LogP contribution in [-0.4, -0.2) is 62.2 Å². The Kier molecular flexibility index (Phi) is 12.9. The first-order chi connectivity index (χ1) is 25.3. The zero-order chi connectivity index (χ0) is 35.7. The quantitative estimate of drug-likeness (QED) is 0.0819. The first-order valence-electron chi connectivity index (χ1n) is 20.3. The smallest absolute Gasteiger partial charge is 0.0324 e. The molecule has 4 unspecified atom stereocenters. The molecule has 4 aromatic rings. The second kappa shape index (κ2) is 17.2. The molecule has 0 spiro atoms. The van der Waals surface area contributed by atoms with Gasteiger partial charge < -0.3 is 51.6 Å². The van der Waals surface area contributed by atoms with Crippen molar-refractivity contribution in [3.05, 3.63) is 108 Å². The topological polar surface area (TPSA) is 48.1 Å². The van der Waals surface area contributed by atoms with E-state index in [9.17, 15) is 0 Å². The van der Waals surface area contributed by atoms with Crippen LogP contribution in [0.3, 0.4) is 0 Å². The monoisotopic (exact) mass is 788 g/mol. The Morgan fingerprint density at radius 2 is 1.19 bits per heavy atom. The molecule has 4 aromatic carbocycles. The molecular formula is C46H62FeN4P2-6. The molecule has 2 heterocycles. The van der Waals surface area contributed by atoms with Gasteiger partial charge in [0.25, 0.3) is 0 Å². The maximum Gasteiger partial charge on any atom is 0.0324 e. The van der Waals surface area contributed by atoms with Crippen LogP contribution in [0, 0.1) is 23.7 Å². The second-order valence-corrected chi connectivity index (χ2v) is 21.7. The van der Waals surface area contributed by atoms with E-state index in [1.165, 1.54) is 60.5 Å². The summed E-state index contributed by atoms with van der Waals surface area (Å²) in [7, 11) is 3.25. The number of benzene rings is 2. The molecule has 4 nitrogen and oxygen atoms in total. The molecule has 2 aliphatic heterocycles. The summed E-state index contributed by atoms with van der Waals surface area (Å²) in [5, 5.41) is 15.8. The van der Waals surface area contributed by atoms with E-state index < -0.39 is 0 Å². The van der Waals surface area contributed by atoms with Gasteiger partial charge in [-0.25, -0.2) is 0 Å². The van der Waals surface area contributed by atoms with Gasteiger partial charge in [0.2, 0.25) is 0 Å².